The second-order valence-corrected chi connectivity index (χ2v) is 9.73. The first kappa shape index (κ1) is 24.3. The van der Waals surface area contributed by atoms with Gasteiger partial charge in [0.05, 0.1) is 0 Å². The number of rotatable bonds is 8. The maximum atomic E-state index is 13.3. The first-order valence-corrected chi connectivity index (χ1v) is 12.3. The Hall–Kier alpha value is -2.37. The molecule has 2 aliphatic heterocycles. The maximum Gasteiger partial charge on any atom is 0.245 e. The van der Waals surface area contributed by atoms with Crippen LogP contribution in [0.4, 0.5) is 0 Å². The zero-order valence-electron chi connectivity index (χ0n) is 19.7. The largest absolute Gasteiger partial charge is 0.344 e. The van der Waals surface area contributed by atoms with E-state index in [-0.39, 0.29) is 29.6 Å². The van der Waals surface area contributed by atoms with E-state index in [4.69, 9.17) is 0 Å². The van der Waals surface area contributed by atoms with E-state index >= 15 is 0 Å². The van der Waals surface area contributed by atoms with Gasteiger partial charge < -0.3 is 15.1 Å². The van der Waals surface area contributed by atoms with Crippen molar-refractivity contribution < 1.29 is 14.4 Å². The molecule has 2 heterocycles. The van der Waals surface area contributed by atoms with Crippen LogP contribution in [0.2, 0.25) is 0 Å². The molecule has 1 unspecified atom stereocenters. The van der Waals surface area contributed by atoms with Crippen LogP contribution in [-0.2, 0) is 20.8 Å². The number of likely N-dealkylation sites (tertiary alicyclic amines) is 2. The van der Waals surface area contributed by atoms with E-state index in [2.05, 4.69) is 17.4 Å². The number of benzene rings is 1. The van der Waals surface area contributed by atoms with E-state index in [0.29, 0.717) is 25.9 Å². The molecule has 32 heavy (non-hydrogen) atoms. The van der Waals surface area contributed by atoms with Crippen molar-refractivity contribution in [2.24, 2.45) is 11.8 Å². The van der Waals surface area contributed by atoms with E-state index in [1.807, 2.05) is 41.8 Å². The fourth-order valence-corrected chi connectivity index (χ4v) is 4.83. The second-order valence-electron chi connectivity index (χ2n) is 9.73. The Morgan fingerprint density at radius 3 is 2.22 bits per heavy atom. The third-order valence-electron chi connectivity index (χ3n) is 6.68. The minimum Gasteiger partial charge on any atom is -0.344 e. The molecule has 0 radical (unpaired) electrons. The molecular weight excluding hydrogens is 402 g/mol. The predicted octanol–water partition coefficient (Wildman–Crippen LogP) is 3.40. The molecule has 0 saturated carbocycles. The van der Waals surface area contributed by atoms with Gasteiger partial charge in [0.1, 0.15) is 6.04 Å². The van der Waals surface area contributed by atoms with Crippen LogP contribution in [-0.4, -0.2) is 59.7 Å². The smallest absolute Gasteiger partial charge is 0.245 e. The van der Waals surface area contributed by atoms with Crippen molar-refractivity contribution in [3.05, 3.63) is 35.9 Å². The highest BCUT2D eigenvalue weighted by molar-refractivity contribution is 5.88. The number of hydrogen-bond donors (Lipinski definition) is 1. The summed E-state index contributed by atoms with van der Waals surface area (Å²) in [6.07, 6.45) is 6.43. The Balaban J connectivity index is 1.56. The maximum absolute atomic E-state index is 13.3. The highest BCUT2D eigenvalue weighted by Crippen LogP contribution is 2.24. The van der Waals surface area contributed by atoms with Gasteiger partial charge in [0.2, 0.25) is 17.7 Å². The molecule has 3 amide bonds. The van der Waals surface area contributed by atoms with Crippen molar-refractivity contribution in [2.45, 2.75) is 71.3 Å². The Morgan fingerprint density at radius 1 is 0.938 bits per heavy atom. The normalized spacial score (nSPS) is 18.5. The molecule has 0 aliphatic carbocycles. The van der Waals surface area contributed by atoms with Gasteiger partial charge in [-0.1, -0.05) is 44.2 Å². The Bertz CT molecular complexity index is 751. The average molecular weight is 442 g/mol. The molecule has 3 rings (SSSR count). The summed E-state index contributed by atoms with van der Waals surface area (Å²) in [4.78, 5) is 42.4. The summed E-state index contributed by atoms with van der Waals surface area (Å²) < 4.78 is 0. The van der Waals surface area contributed by atoms with Gasteiger partial charge in [0.15, 0.2) is 0 Å². The summed E-state index contributed by atoms with van der Waals surface area (Å²) in [5.74, 6) is 0.533. The van der Waals surface area contributed by atoms with Crippen LogP contribution >= 0.6 is 0 Å². The molecule has 0 spiro atoms. The molecule has 0 bridgehead atoms. The van der Waals surface area contributed by atoms with Gasteiger partial charge in [-0.05, 0) is 55.9 Å². The third-order valence-corrected chi connectivity index (χ3v) is 6.68. The van der Waals surface area contributed by atoms with Crippen molar-refractivity contribution in [1.82, 2.24) is 15.1 Å². The van der Waals surface area contributed by atoms with Gasteiger partial charge in [-0.2, -0.15) is 0 Å². The topological polar surface area (TPSA) is 69.7 Å². The fraction of sp³-hybridized carbons (Fsp3) is 0.654. The zero-order chi connectivity index (χ0) is 22.9. The molecule has 2 aliphatic rings. The standard InChI is InChI=1S/C26H39N3O3/c1-20(2)19-23(30)27-25(26(32)29-15-7-4-8-16-29)22-13-17-28(18-14-22)24(31)12-11-21-9-5-3-6-10-21/h3,5-6,9-10,20,22,25H,4,7-8,11-19H2,1-2H3,(H,27,30). The van der Waals surface area contributed by atoms with Gasteiger partial charge in [0.25, 0.3) is 0 Å². The summed E-state index contributed by atoms with van der Waals surface area (Å²) in [5.41, 5.74) is 1.18. The number of nitrogens with zero attached hydrogens (tertiary/aromatic N) is 2. The van der Waals surface area contributed by atoms with Gasteiger partial charge in [-0.3, -0.25) is 14.4 Å². The van der Waals surface area contributed by atoms with E-state index in [1.54, 1.807) is 0 Å². The first-order chi connectivity index (χ1) is 15.4. The monoisotopic (exact) mass is 441 g/mol. The van der Waals surface area contributed by atoms with Gasteiger partial charge >= 0.3 is 0 Å². The Kier molecular flexibility index (Phi) is 9.12. The van der Waals surface area contributed by atoms with E-state index < -0.39 is 6.04 Å². The summed E-state index contributed by atoms with van der Waals surface area (Å²) >= 11 is 0. The lowest BCUT2D eigenvalue weighted by Crippen LogP contribution is -2.55. The molecule has 176 valence electrons. The van der Waals surface area contributed by atoms with Crippen LogP contribution in [0.1, 0.15) is 64.4 Å². The molecule has 1 aromatic rings. The van der Waals surface area contributed by atoms with Crippen molar-refractivity contribution in [2.75, 3.05) is 26.2 Å². The summed E-state index contributed by atoms with van der Waals surface area (Å²) in [7, 11) is 0. The van der Waals surface area contributed by atoms with Gasteiger partial charge in [-0.15, -0.1) is 0 Å². The van der Waals surface area contributed by atoms with E-state index in [9.17, 15) is 14.4 Å². The number of piperidine rings is 2. The van der Waals surface area contributed by atoms with Gasteiger partial charge in [-0.25, -0.2) is 0 Å². The lowest BCUT2D eigenvalue weighted by atomic mass is 9.87. The second kappa shape index (κ2) is 12.0. The number of carbonyl (C=O) groups excluding carboxylic acids is 3. The molecular formula is C26H39N3O3. The molecule has 1 aromatic carbocycles. The first-order valence-electron chi connectivity index (χ1n) is 12.3. The van der Waals surface area contributed by atoms with Crippen LogP contribution in [0.15, 0.2) is 30.3 Å². The lowest BCUT2D eigenvalue weighted by Gasteiger charge is -2.38. The van der Waals surface area contributed by atoms with Crippen molar-refractivity contribution >= 4 is 17.7 Å². The summed E-state index contributed by atoms with van der Waals surface area (Å²) in [5, 5.41) is 3.07. The van der Waals surface area contributed by atoms with Crippen LogP contribution < -0.4 is 5.32 Å². The summed E-state index contributed by atoms with van der Waals surface area (Å²) in [6.45, 7) is 6.91. The van der Waals surface area contributed by atoms with Gasteiger partial charge in [0, 0.05) is 39.0 Å². The highest BCUT2D eigenvalue weighted by Gasteiger charge is 2.36. The van der Waals surface area contributed by atoms with Crippen molar-refractivity contribution in [3.8, 4) is 0 Å². The molecule has 6 nitrogen and oxygen atoms in total. The molecule has 1 N–H and O–H groups in total. The fourth-order valence-electron chi connectivity index (χ4n) is 4.83. The van der Waals surface area contributed by atoms with Crippen LogP contribution in [0.25, 0.3) is 0 Å². The van der Waals surface area contributed by atoms with Crippen LogP contribution in [0.5, 0.6) is 0 Å². The Morgan fingerprint density at radius 2 is 1.59 bits per heavy atom. The van der Waals surface area contributed by atoms with E-state index in [0.717, 1.165) is 51.6 Å². The van der Waals surface area contributed by atoms with Crippen molar-refractivity contribution in [1.29, 1.82) is 0 Å². The number of nitrogens with one attached hydrogen (secondary N) is 1. The quantitative estimate of drug-likeness (QED) is 0.672. The van der Waals surface area contributed by atoms with Crippen LogP contribution in [0.3, 0.4) is 0 Å². The minimum atomic E-state index is -0.471. The predicted molar refractivity (Wildman–Crippen MR) is 126 cm³/mol. The zero-order valence-corrected chi connectivity index (χ0v) is 19.7. The molecule has 2 fully saturated rings. The number of carbonyl (C=O) groups is 3. The number of amides is 3. The SMILES string of the molecule is CC(C)CC(=O)NC(C(=O)N1CCCCC1)C1CCN(C(=O)CCc2ccccc2)CC1. The number of hydrogen-bond acceptors (Lipinski definition) is 3. The molecule has 1 atom stereocenters. The van der Waals surface area contributed by atoms with Crippen LogP contribution in [0, 0.1) is 11.8 Å². The minimum absolute atomic E-state index is 0.0447. The average Bonchev–Trinajstić information content (AvgIpc) is 2.81. The molecule has 6 heteroatoms. The third kappa shape index (κ3) is 7.07. The molecule has 0 aromatic heterocycles. The lowest BCUT2D eigenvalue weighted by molar-refractivity contribution is -0.140. The molecule has 2 saturated heterocycles. The number of aryl methyl sites for hydroxylation is 1. The summed E-state index contributed by atoms with van der Waals surface area (Å²) in [6, 6.07) is 9.61. The van der Waals surface area contributed by atoms with E-state index in [1.165, 1.54) is 5.56 Å². The highest BCUT2D eigenvalue weighted by atomic mass is 16.2. The Labute approximate surface area is 192 Å². The van der Waals surface area contributed by atoms with Crippen molar-refractivity contribution in [3.63, 3.8) is 0 Å².